The predicted molar refractivity (Wildman–Crippen MR) is 142 cm³/mol. The van der Waals surface area contributed by atoms with Gasteiger partial charge in [-0.1, -0.05) is 88.0 Å². The highest BCUT2D eigenvalue weighted by molar-refractivity contribution is 6.42. The second kappa shape index (κ2) is 12.1. The van der Waals surface area contributed by atoms with Gasteiger partial charge in [-0.25, -0.2) is 0 Å². The Morgan fingerprint density at radius 3 is 2.40 bits per heavy atom. The van der Waals surface area contributed by atoms with Crippen LogP contribution in [0.25, 0.3) is 0 Å². The van der Waals surface area contributed by atoms with Crippen molar-refractivity contribution in [2.45, 2.75) is 83.8 Å². The van der Waals surface area contributed by atoms with Gasteiger partial charge in [0.2, 0.25) is 5.91 Å². The van der Waals surface area contributed by atoms with Gasteiger partial charge in [0.25, 0.3) is 5.91 Å². The molecule has 1 fully saturated rings. The van der Waals surface area contributed by atoms with Crippen molar-refractivity contribution < 1.29 is 14.3 Å². The first-order chi connectivity index (χ1) is 16.6. The summed E-state index contributed by atoms with van der Waals surface area (Å²) in [5, 5.41) is 4.01. The lowest BCUT2D eigenvalue weighted by Gasteiger charge is -2.32. The Kier molecular flexibility index (Phi) is 9.48. The smallest absolute Gasteiger partial charge is 0.261 e. The normalized spacial score (nSPS) is 15.0. The van der Waals surface area contributed by atoms with E-state index in [0.29, 0.717) is 22.2 Å². The number of nitrogens with one attached hydrogen (secondary N) is 1. The van der Waals surface area contributed by atoms with Crippen molar-refractivity contribution in [2.24, 2.45) is 0 Å². The van der Waals surface area contributed by atoms with Crippen LogP contribution in [0, 0.1) is 0 Å². The fourth-order valence-corrected chi connectivity index (χ4v) is 4.88. The van der Waals surface area contributed by atoms with Crippen LogP contribution in [0.4, 0.5) is 0 Å². The van der Waals surface area contributed by atoms with Crippen molar-refractivity contribution in [3.63, 3.8) is 0 Å². The molecule has 0 saturated heterocycles. The van der Waals surface area contributed by atoms with Gasteiger partial charge >= 0.3 is 0 Å². The molecule has 3 rings (SSSR count). The molecule has 7 heteroatoms. The lowest BCUT2D eigenvalue weighted by molar-refractivity contribution is -0.143. The highest BCUT2D eigenvalue weighted by Crippen LogP contribution is 2.31. The number of halogens is 2. The van der Waals surface area contributed by atoms with Gasteiger partial charge in [0.15, 0.2) is 6.61 Å². The van der Waals surface area contributed by atoms with Crippen LogP contribution in [0.2, 0.25) is 10.0 Å². The number of hydrogen-bond donors (Lipinski definition) is 1. The molecule has 1 aliphatic carbocycles. The van der Waals surface area contributed by atoms with Crippen LogP contribution in [-0.4, -0.2) is 35.4 Å². The summed E-state index contributed by atoms with van der Waals surface area (Å²) < 4.78 is 6.02. The minimum absolute atomic E-state index is 0.122. The fraction of sp³-hybridized carbons (Fsp3) is 0.500. The van der Waals surface area contributed by atoms with Gasteiger partial charge in [-0.05, 0) is 54.0 Å². The summed E-state index contributed by atoms with van der Waals surface area (Å²) in [5.74, 6) is 0.294. The van der Waals surface area contributed by atoms with Crippen molar-refractivity contribution in [3.8, 4) is 5.75 Å². The third-order valence-corrected chi connectivity index (χ3v) is 7.21. The highest BCUT2D eigenvalue weighted by atomic mass is 35.5. The SMILES string of the molecule is CC[C@@H](C(=O)NC1CCCC1)N(Cc1ccc(Cl)c(Cl)c1)C(=O)COc1ccccc1C(C)(C)C. The van der Waals surface area contributed by atoms with Crippen molar-refractivity contribution >= 4 is 35.0 Å². The van der Waals surface area contributed by atoms with E-state index in [1.165, 1.54) is 0 Å². The zero-order valence-corrected chi connectivity index (χ0v) is 22.6. The summed E-state index contributed by atoms with van der Waals surface area (Å²) in [7, 11) is 0. The van der Waals surface area contributed by atoms with E-state index >= 15 is 0 Å². The van der Waals surface area contributed by atoms with E-state index in [4.69, 9.17) is 27.9 Å². The molecule has 0 radical (unpaired) electrons. The summed E-state index contributed by atoms with van der Waals surface area (Å²) in [6, 6.07) is 12.6. The van der Waals surface area contributed by atoms with Crippen molar-refractivity contribution in [2.75, 3.05) is 6.61 Å². The van der Waals surface area contributed by atoms with Crippen LogP contribution >= 0.6 is 23.2 Å². The molecule has 1 N–H and O–H groups in total. The van der Waals surface area contributed by atoms with Gasteiger partial charge in [0.05, 0.1) is 10.0 Å². The molecule has 5 nitrogen and oxygen atoms in total. The van der Waals surface area contributed by atoms with Gasteiger partial charge in [0, 0.05) is 12.6 Å². The molecule has 190 valence electrons. The number of benzene rings is 2. The van der Waals surface area contributed by atoms with Crippen molar-refractivity contribution in [1.82, 2.24) is 10.2 Å². The second-order valence-electron chi connectivity index (χ2n) is 10.2. The second-order valence-corrected chi connectivity index (χ2v) is 11.0. The maximum atomic E-state index is 13.5. The molecule has 0 aliphatic heterocycles. The molecule has 35 heavy (non-hydrogen) atoms. The first-order valence-electron chi connectivity index (χ1n) is 12.4. The molecule has 1 saturated carbocycles. The van der Waals surface area contributed by atoms with E-state index in [1.807, 2.05) is 37.3 Å². The minimum atomic E-state index is -0.612. The van der Waals surface area contributed by atoms with Gasteiger partial charge in [-0.2, -0.15) is 0 Å². The molecule has 2 aromatic rings. The van der Waals surface area contributed by atoms with Gasteiger partial charge in [-0.3, -0.25) is 9.59 Å². The van der Waals surface area contributed by atoms with Crippen LogP contribution in [-0.2, 0) is 21.5 Å². The Morgan fingerprint density at radius 2 is 1.77 bits per heavy atom. The summed E-state index contributed by atoms with van der Waals surface area (Å²) in [6.07, 6.45) is 4.69. The zero-order valence-electron chi connectivity index (χ0n) is 21.1. The first-order valence-corrected chi connectivity index (χ1v) is 13.1. The Labute approximate surface area is 219 Å². The average molecular weight is 520 g/mol. The zero-order chi connectivity index (χ0) is 25.6. The quantitative estimate of drug-likeness (QED) is 0.410. The number of ether oxygens (including phenoxy) is 1. The van der Waals surface area contributed by atoms with Crippen molar-refractivity contribution in [1.29, 1.82) is 0 Å². The predicted octanol–water partition coefficient (Wildman–Crippen LogP) is 6.54. The van der Waals surface area contributed by atoms with E-state index in [2.05, 4.69) is 26.1 Å². The Hall–Kier alpha value is -2.24. The van der Waals surface area contributed by atoms with Crippen LogP contribution in [0.15, 0.2) is 42.5 Å². The maximum absolute atomic E-state index is 13.5. The third kappa shape index (κ3) is 7.37. The largest absolute Gasteiger partial charge is 0.483 e. The first kappa shape index (κ1) is 27.3. The molecular formula is C28H36Cl2N2O3. The van der Waals surface area contributed by atoms with Crippen LogP contribution in [0.5, 0.6) is 5.75 Å². The van der Waals surface area contributed by atoms with E-state index in [-0.39, 0.29) is 36.4 Å². The fourth-order valence-electron chi connectivity index (χ4n) is 4.56. The van der Waals surface area contributed by atoms with Gasteiger partial charge in [0.1, 0.15) is 11.8 Å². The number of amides is 2. The van der Waals surface area contributed by atoms with Crippen LogP contribution < -0.4 is 10.1 Å². The molecule has 0 unspecified atom stereocenters. The van der Waals surface area contributed by atoms with Crippen LogP contribution in [0.3, 0.4) is 0 Å². The van der Waals surface area contributed by atoms with Gasteiger partial charge in [-0.15, -0.1) is 0 Å². The number of nitrogens with zero attached hydrogens (tertiary/aromatic N) is 1. The lowest BCUT2D eigenvalue weighted by Crippen LogP contribution is -2.52. The van der Waals surface area contributed by atoms with E-state index in [9.17, 15) is 9.59 Å². The molecule has 1 aliphatic rings. The Bertz CT molecular complexity index is 1030. The monoisotopic (exact) mass is 518 g/mol. The molecule has 0 aromatic heterocycles. The lowest BCUT2D eigenvalue weighted by atomic mass is 9.86. The summed E-state index contributed by atoms with van der Waals surface area (Å²) in [5.41, 5.74) is 1.69. The topological polar surface area (TPSA) is 58.6 Å². The number of rotatable bonds is 9. The molecule has 0 heterocycles. The number of carbonyl (C=O) groups is 2. The maximum Gasteiger partial charge on any atom is 0.261 e. The molecule has 1 atom stereocenters. The molecule has 0 spiro atoms. The third-order valence-electron chi connectivity index (χ3n) is 6.47. The highest BCUT2D eigenvalue weighted by Gasteiger charge is 2.31. The molecular weight excluding hydrogens is 483 g/mol. The Balaban J connectivity index is 1.82. The summed E-state index contributed by atoms with van der Waals surface area (Å²) in [6.45, 7) is 8.30. The number of hydrogen-bond acceptors (Lipinski definition) is 3. The Morgan fingerprint density at radius 1 is 1.09 bits per heavy atom. The molecule has 2 aromatic carbocycles. The molecule has 2 amide bonds. The summed E-state index contributed by atoms with van der Waals surface area (Å²) >= 11 is 12.3. The van der Waals surface area contributed by atoms with E-state index in [0.717, 1.165) is 36.8 Å². The van der Waals surface area contributed by atoms with Crippen LogP contribution in [0.1, 0.15) is 70.9 Å². The van der Waals surface area contributed by atoms with Crippen molar-refractivity contribution in [3.05, 3.63) is 63.6 Å². The number of carbonyl (C=O) groups excluding carboxylic acids is 2. The minimum Gasteiger partial charge on any atom is -0.483 e. The standard InChI is InChI=1S/C28H36Cl2N2O3/c1-5-24(27(34)31-20-10-6-7-11-20)32(17-19-14-15-22(29)23(30)16-19)26(33)18-35-25-13-9-8-12-21(25)28(2,3)4/h8-9,12-16,20,24H,5-7,10-11,17-18H2,1-4H3,(H,31,34)/t24-/m0/s1. The van der Waals surface area contributed by atoms with E-state index < -0.39 is 6.04 Å². The summed E-state index contributed by atoms with van der Waals surface area (Å²) in [4.78, 5) is 28.4. The number of para-hydroxylation sites is 1. The average Bonchev–Trinajstić information content (AvgIpc) is 3.32. The van der Waals surface area contributed by atoms with Gasteiger partial charge < -0.3 is 15.0 Å². The molecule has 0 bridgehead atoms. The van der Waals surface area contributed by atoms with E-state index in [1.54, 1.807) is 17.0 Å².